The molecule has 0 unspecified atom stereocenters. The van der Waals surface area contributed by atoms with Crippen LogP contribution in [0.3, 0.4) is 0 Å². The molecule has 1 fully saturated rings. The maximum Gasteiger partial charge on any atom is 0.143 e. The fourth-order valence-corrected chi connectivity index (χ4v) is 4.59. The summed E-state index contributed by atoms with van der Waals surface area (Å²) in [6.07, 6.45) is 3.15. The predicted octanol–water partition coefficient (Wildman–Crippen LogP) is 5.49. The van der Waals surface area contributed by atoms with Gasteiger partial charge in [0, 0.05) is 38.7 Å². The molecule has 2 heterocycles. The molecule has 160 valence electrons. The van der Waals surface area contributed by atoms with Crippen molar-refractivity contribution in [3.63, 3.8) is 0 Å². The van der Waals surface area contributed by atoms with E-state index < -0.39 is 0 Å². The molecule has 0 atom stereocenters. The van der Waals surface area contributed by atoms with Crippen LogP contribution in [0.5, 0.6) is 11.5 Å². The van der Waals surface area contributed by atoms with E-state index in [4.69, 9.17) is 9.47 Å². The van der Waals surface area contributed by atoms with E-state index in [1.165, 1.54) is 11.1 Å². The number of nitrogens with one attached hydrogen (secondary N) is 1. The zero-order valence-electron chi connectivity index (χ0n) is 17.9. The van der Waals surface area contributed by atoms with Crippen LogP contribution in [-0.2, 0) is 13.2 Å². The predicted molar refractivity (Wildman–Crippen MR) is 125 cm³/mol. The average molecular weight is 415 g/mol. The average Bonchev–Trinajstić information content (AvgIpc) is 2.99. The van der Waals surface area contributed by atoms with Crippen LogP contribution in [0.1, 0.15) is 30.4 Å². The Morgan fingerprint density at radius 3 is 2.29 bits per heavy atom. The number of anilines is 1. The Labute approximate surface area is 184 Å². The van der Waals surface area contributed by atoms with Crippen LogP contribution in [0.2, 0.25) is 0 Å². The molecule has 4 heteroatoms. The third-order valence-corrected chi connectivity index (χ3v) is 6.44. The van der Waals surface area contributed by atoms with Crippen LogP contribution in [0.25, 0.3) is 0 Å². The minimum absolute atomic E-state index is 0.0716. The van der Waals surface area contributed by atoms with Gasteiger partial charge in [-0.25, -0.2) is 0 Å². The SMILES string of the molecule is c1ccc(COc2ccc3c(c2)NCCC2(CCN(Cc4ccccc4)CC2)O3)cc1. The van der Waals surface area contributed by atoms with Gasteiger partial charge in [-0.3, -0.25) is 4.90 Å². The summed E-state index contributed by atoms with van der Waals surface area (Å²) < 4.78 is 12.7. The molecule has 4 nitrogen and oxygen atoms in total. The van der Waals surface area contributed by atoms with Gasteiger partial charge in [-0.1, -0.05) is 60.7 Å². The zero-order chi connectivity index (χ0) is 20.9. The molecular weight excluding hydrogens is 384 g/mol. The molecule has 0 aromatic heterocycles. The fourth-order valence-electron chi connectivity index (χ4n) is 4.59. The van der Waals surface area contributed by atoms with Gasteiger partial charge in [0.05, 0.1) is 5.69 Å². The van der Waals surface area contributed by atoms with E-state index in [1.54, 1.807) is 0 Å². The monoisotopic (exact) mass is 414 g/mol. The lowest BCUT2D eigenvalue weighted by atomic mass is 9.87. The third kappa shape index (κ3) is 4.86. The van der Waals surface area contributed by atoms with Crippen molar-refractivity contribution in [1.82, 2.24) is 4.90 Å². The van der Waals surface area contributed by atoms with Gasteiger partial charge < -0.3 is 14.8 Å². The number of benzene rings is 3. The first-order valence-corrected chi connectivity index (χ1v) is 11.3. The van der Waals surface area contributed by atoms with Gasteiger partial charge in [-0.2, -0.15) is 0 Å². The maximum absolute atomic E-state index is 6.66. The first-order chi connectivity index (χ1) is 15.3. The molecule has 5 rings (SSSR count). The molecule has 3 aromatic carbocycles. The van der Waals surface area contributed by atoms with Crippen LogP contribution >= 0.6 is 0 Å². The summed E-state index contributed by atoms with van der Waals surface area (Å²) in [4.78, 5) is 2.55. The number of nitrogens with zero attached hydrogens (tertiary/aromatic N) is 1. The second-order valence-electron chi connectivity index (χ2n) is 8.66. The van der Waals surface area contributed by atoms with Gasteiger partial charge in [-0.05, 0) is 36.1 Å². The highest BCUT2D eigenvalue weighted by molar-refractivity contribution is 5.60. The van der Waals surface area contributed by atoms with Gasteiger partial charge >= 0.3 is 0 Å². The second-order valence-corrected chi connectivity index (χ2v) is 8.66. The summed E-state index contributed by atoms with van der Waals surface area (Å²) in [5.74, 6) is 1.81. The number of piperidine rings is 1. The number of rotatable bonds is 5. The molecule has 0 bridgehead atoms. The fraction of sp³-hybridized carbons (Fsp3) is 0.333. The van der Waals surface area contributed by atoms with E-state index in [-0.39, 0.29) is 5.60 Å². The summed E-state index contributed by atoms with van der Waals surface area (Å²) in [5, 5.41) is 3.57. The molecule has 1 N–H and O–H groups in total. The van der Waals surface area contributed by atoms with Crippen LogP contribution in [0, 0.1) is 0 Å². The van der Waals surface area contributed by atoms with E-state index in [1.807, 2.05) is 24.3 Å². The van der Waals surface area contributed by atoms with Gasteiger partial charge in [0.15, 0.2) is 0 Å². The van der Waals surface area contributed by atoms with Crippen molar-refractivity contribution in [3.8, 4) is 11.5 Å². The summed E-state index contributed by atoms with van der Waals surface area (Å²) in [7, 11) is 0. The first-order valence-electron chi connectivity index (χ1n) is 11.3. The first kappa shape index (κ1) is 20.0. The Kier molecular flexibility index (Phi) is 5.81. The lowest BCUT2D eigenvalue weighted by Crippen LogP contribution is -2.48. The minimum Gasteiger partial charge on any atom is -0.489 e. The Morgan fingerprint density at radius 1 is 0.839 bits per heavy atom. The number of hydrogen-bond acceptors (Lipinski definition) is 4. The van der Waals surface area contributed by atoms with E-state index in [0.717, 1.165) is 62.6 Å². The van der Waals surface area contributed by atoms with Crippen molar-refractivity contribution >= 4 is 5.69 Å². The van der Waals surface area contributed by atoms with Crippen LogP contribution < -0.4 is 14.8 Å². The normalized spacial score (nSPS) is 17.8. The van der Waals surface area contributed by atoms with Crippen molar-refractivity contribution in [1.29, 1.82) is 0 Å². The molecule has 0 aliphatic carbocycles. The number of fused-ring (bicyclic) bond motifs is 1. The van der Waals surface area contributed by atoms with E-state index in [0.29, 0.717) is 6.61 Å². The summed E-state index contributed by atoms with van der Waals surface area (Å²) >= 11 is 0. The number of ether oxygens (including phenoxy) is 2. The zero-order valence-corrected chi connectivity index (χ0v) is 17.9. The standard InChI is InChI=1S/C27H30N2O2/c1-3-7-22(8-4-1)20-29-17-14-27(15-18-29)13-16-28-25-19-24(11-12-26(25)31-27)30-21-23-9-5-2-6-10-23/h1-12,19,28H,13-18,20-21H2. The smallest absolute Gasteiger partial charge is 0.143 e. The highest BCUT2D eigenvalue weighted by Gasteiger charge is 2.38. The van der Waals surface area contributed by atoms with Crippen LogP contribution in [0.4, 0.5) is 5.69 Å². The molecule has 1 spiro atoms. The molecule has 0 saturated carbocycles. The highest BCUT2D eigenvalue weighted by atomic mass is 16.5. The second kappa shape index (κ2) is 9.03. The lowest BCUT2D eigenvalue weighted by molar-refractivity contribution is -0.00188. The van der Waals surface area contributed by atoms with Gasteiger partial charge in [0.1, 0.15) is 23.7 Å². The maximum atomic E-state index is 6.66. The molecular formula is C27H30N2O2. The topological polar surface area (TPSA) is 33.7 Å². The Bertz CT molecular complexity index is 983. The molecule has 2 aliphatic rings. The van der Waals surface area contributed by atoms with E-state index >= 15 is 0 Å². The molecule has 1 saturated heterocycles. The Balaban J connectivity index is 1.21. The van der Waals surface area contributed by atoms with Crippen molar-refractivity contribution < 1.29 is 9.47 Å². The summed E-state index contributed by atoms with van der Waals surface area (Å²) in [5.41, 5.74) is 3.52. The molecule has 3 aromatic rings. The van der Waals surface area contributed by atoms with E-state index in [2.05, 4.69) is 64.8 Å². The van der Waals surface area contributed by atoms with Crippen molar-refractivity contribution in [2.75, 3.05) is 25.0 Å². The highest BCUT2D eigenvalue weighted by Crippen LogP contribution is 2.39. The Morgan fingerprint density at radius 2 is 1.55 bits per heavy atom. The lowest BCUT2D eigenvalue weighted by Gasteiger charge is -2.41. The molecule has 0 radical (unpaired) electrons. The molecule has 0 amide bonds. The van der Waals surface area contributed by atoms with Crippen molar-refractivity contribution in [3.05, 3.63) is 90.0 Å². The van der Waals surface area contributed by atoms with Crippen LogP contribution in [-0.4, -0.2) is 30.1 Å². The quantitative estimate of drug-likeness (QED) is 0.598. The van der Waals surface area contributed by atoms with E-state index in [9.17, 15) is 0 Å². The van der Waals surface area contributed by atoms with Crippen molar-refractivity contribution in [2.24, 2.45) is 0 Å². The number of hydrogen-bond donors (Lipinski definition) is 1. The largest absolute Gasteiger partial charge is 0.489 e. The third-order valence-electron chi connectivity index (χ3n) is 6.44. The Hall–Kier alpha value is -2.98. The molecule has 2 aliphatic heterocycles. The van der Waals surface area contributed by atoms with Crippen molar-refractivity contribution in [2.45, 2.75) is 38.0 Å². The molecule has 31 heavy (non-hydrogen) atoms. The summed E-state index contributed by atoms with van der Waals surface area (Å²) in [6.45, 7) is 4.66. The van der Waals surface area contributed by atoms with Gasteiger partial charge in [0.2, 0.25) is 0 Å². The van der Waals surface area contributed by atoms with Gasteiger partial charge in [0.25, 0.3) is 0 Å². The minimum atomic E-state index is -0.0716. The number of likely N-dealkylation sites (tertiary alicyclic amines) is 1. The summed E-state index contributed by atoms with van der Waals surface area (Å²) in [6, 6.07) is 27.2. The van der Waals surface area contributed by atoms with Gasteiger partial charge in [-0.15, -0.1) is 0 Å². The van der Waals surface area contributed by atoms with Crippen LogP contribution in [0.15, 0.2) is 78.9 Å².